The smallest absolute Gasteiger partial charge is 0.0839 e. The number of nitriles is 1. The summed E-state index contributed by atoms with van der Waals surface area (Å²) in [6.07, 6.45) is 1.33. The molecule has 3 nitrogen and oxygen atoms in total. The van der Waals surface area contributed by atoms with E-state index in [1.807, 2.05) is 30.3 Å². The third-order valence-corrected chi connectivity index (χ3v) is 3.73. The lowest BCUT2D eigenvalue weighted by Crippen LogP contribution is -2.39. The quantitative estimate of drug-likeness (QED) is 0.816. The average Bonchev–Trinajstić information content (AvgIpc) is 2.83. The zero-order chi connectivity index (χ0) is 13.0. The summed E-state index contributed by atoms with van der Waals surface area (Å²) in [5, 5.41) is 9.33. The van der Waals surface area contributed by atoms with Crippen molar-refractivity contribution in [1.82, 2.24) is 4.90 Å². The van der Waals surface area contributed by atoms with Gasteiger partial charge in [-0.25, -0.2) is 0 Å². The summed E-state index contributed by atoms with van der Waals surface area (Å²) < 4.78 is 5.58. The molecule has 0 aromatic heterocycles. The first kappa shape index (κ1) is 13.1. The van der Waals surface area contributed by atoms with E-state index < -0.39 is 0 Å². The summed E-state index contributed by atoms with van der Waals surface area (Å²) in [5.74, 6) is -0.0657. The molecule has 3 unspecified atom stereocenters. The Kier molecular flexibility index (Phi) is 4.35. The highest BCUT2D eigenvalue weighted by Crippen LogP contribution is 2.22. The molecule has 1 aromatic carbocycles. The minimum atomic E-state index is -0.0657. The highest BCUT2D eigenvalue weighted by Gasteiger charge is 2.29. The van der Waals surface area contributed by atoms with Gasteiger partial charge < -0.3 is 4.74 Å². The van der Waals surface area contributed by atoms with Gasteiger partial charge >= 0.3 is 0 Å². The van der Waals surface area contributed by atoms with Gasteiger partial charge in [-0.2, -0.15) is 5.26 Å². The van der Waals surface area contributed by atoms with Gasteiger partial charge in [0.1, 0.15) is 0 Å². The maximum absolute atomic E-state index is 9.33. The van der Waals surface area contributed by atoms with Crippen LogP contribution in [0.1, 0.15) is 24.8 Å². The first-order valence-corrected chi connectivity index (χ1v) is 6.48. The van der Waals surface area contributed by atoms with Crippen molar-refractivity contribution in [3.63, 3.8) is 0 Å². The lowest BCUT2D eigenvalue weighted by Gasteiger charge is -2.28. The zero-order valence-electron chi connectivity index (χ0n) is 11.0. The van der Waals surface area contributed by atoms with Gasteiger partial charge in [0.05, 0.1) is 18.1 Å². The Hall–Kier alpha value is -1.37. The van der Waals surface area contributed by atoms with E-state index in [9.17, 15) is 5.26 Å². The molecule has 0 amide bonds. The summed E-state index contributed by atoms with van der Waals surface area (Å²) in [5.41, 5.74) is 1.10. The molecule has 18 heavy (non-hydrogen) atoms. The van der Waals surface area contributed by atoms with E-state index in [1.165, 1.54) is 0 Å². The molecule has 1 heterocycles. The minimum absolute atomic E-state index is 0.0657. The van der Waals surface area contributed by atoms with Crippen LogP contribution in [0.2, 0.25) is 0 Å². The third-order valence-electron chi connectivity index (χ3n) is 3.73. The van der Waals surface area contributed by atoms with Crippen molar-refractivity contribution >= 4 is 0 Å². The number of ether oxygens (including phenoxy) is 1. The highest BCUT2D eigenvalue weighted by atomic mass is 16.5. The van der Waals surface area contributed by atoms with Crippen molar-refractivity contribution < 1.29 is 4.74 Å². The molecule has 2 rings (SSSR count). The number of hydrogen-bond donors (Lipinski definition) is 0. The molecule has 0 N–H and O–H groups in total. The van der Waals surface area contributed by atoms with Crippen LogP contribution in [0.3, 0.4) is 0 Å². The molecule has 1 aromatic rings. The fourth-order valence-electron chi connectivity index (χ4n) is 2.63. The Morgan fingerprint density at radius 3 is 2.72 bits per heavy atom. The fraction of sp³-hybridized carbons (Fsp3) is 0.533. The normalized spacial score (nSPS) is 25.0. The lowest BCUT2D eigenvalue weighted by atomic mass is 9.99. The monoisotopic (exact) mass is 244 g/mol. The molecule has 0 saturated carbocycles. The van der Waals surface area contributed by atoms with E-state index in [1.54, 1.807) is 0 Å². The lowest BCUT2D eigenvalue weighted by molar-refractivity contribution is 0.0831. The third kappa shape index (κ3) is 2.90. The Balaban J connectivity index is 2.01. The number of nitrogens with zero attached hydrogens (tertiary/aromatic N) is 2. The summed E-state index contributed by atoms with van der Waals surface area (Å²) in [6, 6.07) is 12.8. The second-order valence-corrected chi connectivity index (χ2v) is 4.96. The van der Waals surface area contributed by atoms with Gasteiger partial charge in [0.15, 0.2) is 0 Å². The molecular formula is C15H20N2O. The molecule has 1 aliphatic heterocycles. The standard InChI is InChI=1S/C15H20N2O/c1-12-15(8-9-18-12)17(2)11-14(10-16)13-6-4-3-5-7-13/h3-7,12,14-15H,8-9,11H2,1-2H3. The van der Waals surface area contributed by atoms with Gasteiger partial charge in [-0.1, -0.05) is 30.3 Å². The molecule has 3 heteroatoms. The van der Waals surface area contributed by atoms with Crippen molar-refractivity contribution in [3.8, 4) is 6.07 Å². The second kappa shape index (κ2) is 5.99. The van der Waals surface area contributed by atoms with Crippen LogP contribution < -0.4 is 0 Å². The molecule has 0 radical (unpaired) electrons. The maximum Gasteiger partial charge on any atom is 0.0839 e. The van der Waals surface area contributed by atoms with Gasteiger partial charge in [0.25, 0.3) is 0 Å². The Bertz CT molecular complexity index is 412. The molecule has 96 valence electrons. The van der Waals surface area contributed by atoms with Gasteiger partial charge in [-0.05, 0) is 26.0 Å². The predicted molar refractivity (Wildman–Crippen MR) is 71.2 cm³/mol. The van der Waals surface area contributed by atoms with Gasteiger partial charge in [0, 0.05) is 19.2 Å². The molecule has 1 aliphatic rings. The number of rotatable bonds is 4. The molecule has 1 fully saturated rings. The Labute approximate surface area is 109 Å². The van der Waals surface area contributed by atoms with E-state index in [-0.39, 0.29) is 12.0 Å². The highest BCUT2D eigenvalue weighted by molar-refractivity contribution is 5.25. The number of likely N-dealkylation sites (N-methyl/N-ethyl adjacent to an activating group) is 1. The maximum atomic E-state index is 9.33. The molecular weight excluding hydrogens is 224 g/mol. The summed E-state index contributed by atoms with van der Waals surface area (Å²) in [4.78, 5) is 2.26. The van der Waals surface area contributed by atoms with Crippen LogP contribution in [0, 0.1) is 11.3 Å². The van der Waals surface area contributed by atoms with Crippen LogP contribution in [0.25, 0.3) is 0 Å². The Morgan fingerprint density at radius 1 is 1.44 bits per heavy atom. The van der Waals surface area contributed by atoms with Gasteiger partial charge in [-0.15, -0.1) is 0 Å². The largest absolute Gasteiger partial charge is 0.377 e. The van der Waals surface area contributed by atoms with Crippen LogP contribution in [-0.2, 0) is 4.74 Å². The molecule has 1 saturated heterocycles. The minimum Gasteiger partial charge on any atom is -0.377 e. The molecule has 3 atom stereocenters. The van der Waals surface area contributed by atoms with E-state index in [0.717, 1.165) is 25.1 Å². The molecule has 0 spiro atoms. The van der Waals surface area contributed by atoms with E-state index in [2.05, 4.69) is 24.9 Å². The van der Waals surface area contributed by atoms with Crippen LogP contribution in [0.15, 0.2) is 30.3 Å². The van der Waals surface area contributed by atoms with Crippen LogP contribution in [0.4, 0.5) is 0 Å². The fourth-order valence-corrected chi connectivity index (χ4v) is 2.63. The Morgan fingerprint density at radius 2 is 2.17 bits per heavy atom. The van der Waals surface area contributed by atoms with Crippen LogP contribution in [-0.4, -0.2) is 37.2 Å². The van der Waals surface area contributed by atoms with E-state index in [4.69, 9.17) is 4.74 Å². The first-order valence-electron chi connectivity index (χ1n) is 6.48. The SMILES string of the molecule is CC1OCCC1N(C)CC(C#N)c1ccccc1. The van der Waals surface area contributed by atoms with Gasteiger partial charge in [-0.3, -0.25) is 4.90 Å². The van der Waals surface area contributed by atoms with Crippen molar-refractivity contribution in [1.29, 1.82) is 5.26 Å². The number of hydrogen-bond acceptors (Lipinski definition) is 3. The second-order valence-electron chi connectivity index (χ2n) is 4.96. The van der Waals surface area contributed by atoms with Crippen LogP contribution >= 0.6 is 0 Å². The van der Waals surface area contributed by atoms with Crippen molar-refractivity contribution in [2.45, 2.75) is 31.4 Å². The van der Waals surface area contributed by atoms with Gasteiger partial charge in [0.2, 0.25) is 0 Å². The summed E-state index contributed by atoms with van der Waals surface area (Å²) in [7, 11) is 2.09. The summed E-state index contributed by atoms with van der Waals surface area (Å²) >= 11 is 0. The zero-order valence-corrected chi connectivity index (χ0v) is 11.0. The van der Waals surface area contributed by atoms with Crippen molar-refractivity contribution in [3.05, 3.63) is 35.9 Å². The van der Waals surface area contributed by atoms with Crippen LogP contribution in [0.5, 0.6) is 0 Å². The van der Waals surface area contributed by atoms with Crippen molar-refractivity contribution in [2.24, 2.45) is 0 Å². The van der Waals surface area contributed by atoms with Crippen molar-refractivity contribution in [2.75, 3.05) is 20.2 Å². The molecule has 0 aliphatic carbocycles. The predicted octanol–water partition coefficient (Wildman–Crippen LogP) is 2.40. The topological polar surface area (TPSA) is 36.3 Å². The molecule has 0 bridgehead atoms. The van der Waals surface area contributed by atoms with E-state index >= 15 is 0 Å². The average molecular weight is 244 g/mol. The summed E-state index contributed by atoms with van der Waals surface area (Å²) in [6.45, 7) is 3.70. The first-order chi connectivity index (χ1) is 8.72. The number of benzene rings is 1. The van der Waals surface area contributed by atoms with E-state index in [0.29, 0.717) is 6.04 Å².